The van der Waals surface area contributed by atoms with Gasteiger partial charge in [0.15, 0.2) is 0 Å². The normalized spacial score (nSPS) is 40.9. The minimum absolute atomic E-state index is 0.0219. The van der Waals surface area contributed by atoms with Gasteiger partial charge in [0.25, 0.3) is 0 Å². The van der Waals surface area contributed by atoms with Crippen molar-refractivity contribution in [3.05, 3.63) is 0 Å². The highest BCUT2D eigenvalue weighted by atomic mass is 16.4. The number of carboxylic acid groups (broad SMARTS) is 1. The first-order valence-electron chi connectivity index (χ1n) is 5.32. The van der Waals surface area contributed by atoms with Crippen molar-refractivity contribution in [3.8, 4) is 0 Å². The zero-order valence-corrected chi connectivity index (χ0v) is 8.45. The molecular weight excluding hydrogens is 180 g/mol. The molecule has 0 heterocycles. The molecule has 3 unspecified atom stereocenters. The van der Waals surface area contributed by atoms with Gasteiger partial charge in [-0.25, -0.2) is 0 Å². The van der Waals surface area contributed by atoms with Crippen molar-refractivity contribution in [2.24, 2.45) is 17.3 Å². The van der Waals surface area contributed by atoms with Crippen molar-refractivity contribution in [2.45, 2.75) is 39.0 Å². The molecule has 2 aliphatic carbocycles. The van der Waals surface area contributed by atoms with E-state index in [1.54, 1.807) is 6.92 Å². The molecule has 2 saturated carbocycles. The minimum atomic E-state index is -0.677. The Morgan fingerprint density at radius 2 is 2.00 bits per heavy atom. The van der Waals surface area contributed by atoms with Gasteiger partial charge in [-0.05, 0) is 38.5 Å². The Morgan fingerprint density at radius 1 is 1.29 bits per heavy atom. The number of aliphatic carboxylic acids is 1. The molecule has 0 aromatic rings. The maximum Gasteiger partial charge on any atom is 0.309 e. The average molecular weight is 196 g/mol. The fraction of sp³-hybridized carbons (Fsp3) is 0.818. The van der Waals surface area contributed by atoms with Crippen molar-refractivity contribution < 1.29 is 14.7 Å². The van der Waals surface area contributed by atoms with Gasteiger partial charge in [-0.2, -0.15) is 0 Å². The molecule has 3 nitrogen and oxygen atoms in total. The number of rotatable bonds is 2. The third-order valence-corrected chi connectivity index (χ3v) is 4.18. The lowest BCUT2D eigenvalue weighted by Gasteiger charge is -2.25. The number of hydrogen-bond acceptors (Lipinski definition) is 2. The van der Waals surface area contributed by atoms with E-state index in [9.17, 15) is 14.7 Å². The zero-order valence-electron chi connectivity index (χ0n) is 8.45. The van der Waals surface area contributed by atoms with Crippen LogP contribution in [0.15, 0.2) is 0 Å². The summed E-state index contributed by atoms with van der Waals surface area (Å²) in [7, 11) is 0. The molecule has 0 aliphatic heterocycles. The van der Waals surface area contributed by atoms with Gasteiger partial charge in [-0.15, -0.1) is 0 Å². The van der Waals surface area contributed by atoms with E-state index in [1.807, 2.05) is 0 Å². The molecule has 2 aliphatic rings. The molecule has 3 atom stereocenters. The van der Waals surface area contributed by atoms with Gasteiger partial charge in [0.1, 0.15) is 5.78 Å². The van der Waals surface area contributed by atoms with Gasteiger partial charge in [-0.1, -0.05) is 6.42 Å². The first-order chi connectivity index (χ1) is 6.58. The van der Waals surface area contributed by atoms with Crippen molar-refractivity contribution >= 4 is 11.8 Å². The molecule has 0 bridgehead atoms. The second-order valence-electron chi connectivity index (χ2n) is 4.72. The summed E-state index contributed by atoms with van der Waals surface area (Å²) in [5.74, 6) is -0.352. The van der Waals surface area contributed by atoms with Crippen LogP contribution in [-0.4, -0.2) is 16.9 Å². The van der Waals surface area contributed by atoms with Crippen molar-refractivity contribution in [1.82, 2.24) is 0 Å². The fourth-order valence-electron chi connectivity index (χ4n) is 3.47. The number of Topliss-reactive ketones (excluding diaryl/α,β-unsaturated/α-hetero) is 1. The summed E-state index contributed by atoms with van der Waals surface area (Å²) in [6.07, 6.45) is 4.16. The van der Waals surface area contributed by atoms with Crippen molar-refractivity contribution in [3.63, 3.8) is 0 Å². The van der Waals surface area contributed by atoms with E-state index in [4.69, 9.17) is 0 Å². The first-order valence-corrected chi connectivity index (χ1v) is 5.32. The molecule has 2 fully saturated rings. The van der Waals surface area contributed by atoms with Gasteiger partial charge in [0, 0.05) is 5.92 Å². The van der Waals surface area contributed by atoms with Crippen LogP contribution in [0.2, 0.25) is 0 Å². The second-order valence-corrected chi connectivity index (χ2v) is 4.72. The molecule has 0 spiro atoms. The number of carbonyl (C=O) groups is 2. The molecule has 0 amide bonds. The summed E-state index contributed by atoms with van der Waals surface area (Å²) in [5.41, 5.74) is -0.545. The maximum absolute atomic E-state index is 11.4. The SMILES string of the molecule is CC(=O)C1CCC2(C(=O)O)CCCC12. The van der Waals surface area contributed by atoms with Gasteiger partial charge in [0.2, 0.25) is 0 Å². The van der Waals surface area contributed by atoms with Crippen LogP contribution in [0.1, 0.15) is 39.0 Å². The predicted octanol–water partition coefficient (Wildman–Crippen LogP) is 1.86. The molecule has 1 N–H and O–H groups in total. The average Bonchev–Trinajstić information content (AvgIpc) is 2.58. The van der Waals surface area contributed by atoms with Gasteiger partial charge in [0.05, 0.1) is 5.41 Å². The van der Waals surface area contributed by atoms with E-state index in [0.717, 1.165) is 25.7 Å². The highest BCUT2D eigenvalue weighted by molar-refractivity contribution is 5.83. The van der Waals surface area contributed by atoms with Gasteiger partial charge in [-0.3, -0.25) is 9.59 Å². The third-order valence-electron chi connectivity index (χ3n) is 4.18. The summed E-state index contributed by atoms with van der Waals surface area (Å²) >= 11 is 0. The van der Waals surface area contributed by atoms with E-state index in [0.29, 0.717) is 6.42 Å². The number of ketones is 1. The Morgan fingerprint density at radius 3 is 2.57 bits per heavy atom. The summed E-state index contributed by atoms with van der Waals surface area (Å²) in [5, 5.41) is 9.26. The van der Waals surface area contributed by atoms with Crippen LogP contribution in [0.4, 0.5) is 0 Å². The smallest absolute Gasteiger partial charge is 0.309 e. The molecule has 3 heteroatoms. The van der Waals surface area contributed by atoms with E-state index >= 15 is 0 Å². The monoisotopic (exact) mass is 196 g/mol. The van der Waals surface area contributed by atoms with Crippen molar-refractivity contribution in [2.75, 3.05) is 0 Å². The maximum atomic E-state index is 11.4. The van der Waals surface area contributed by atoms with Crippen LogP contribution in [0.25, 0.3) is 0 Å². The quantitative estimate of drug-likeness (QED) is 0.733. The number of fused-ring (bicyclic) bond motifs is 1. The van der Waals surface area contributed by atoms with Gasteiger partial charge >= 0.3 is 5.97 Å². The van der Waals surface area contributed by atoms with Crippen LogP contribution in [0.5, 0.6) is 0 Å². The van der Waals surface area contributed by atoms with E-state index in [1.165, 1.54) is 0 Å². The highest BCUT2D eigenvalue weighted by Crippen LogP contribution is 2.57. The minimum Gasteiger partial charge on any atom is -0.481 e. The summed E-state index contributed by atoms with van der Waals surface area (Å²) in [6, 6.07) is 0. The molecule has 0 aromatic carbocycles. The van der Waals surface area contributed by atoms with Crippen LogP contribution in [-0.2, 0) is 9.59 Å². The molecular formula is C11H16O3. The number of carboxylic acids is 1. The van der Waals surface area contributed by atoms with Crippen LogP contribution < -0.4 is 0 Å². The Balaban J connectivity index is 2.28. The van der Waals surface area contributed by atoms with Crippen LogP contribution >= 0.6 is 0 Å². The van der Waals surface area contributed by atoms with E-state index < -0.39 is 11.4 Å². The second kappa shape index (κ2) is 3.07. The largest absolute Gasteiger partial charge is 0.481 e. The summed E-state index contributed by atoms with van der Waals surface area (Å²) in [6.45, 7) is 1.60. The summed E-state index contributed by atoms with van der Waals surface area (Å²) in [4.78, 5) is 22.6. The zero-order chi connectivity index (χ0) is 10.3. The van der Waals surface area contributed by atoms with Crippen LogP contribution in [0.3, 0.4) is 0 Å². The lowest BCUT2D eigenvalue weighted by Crippen LogP contribution is -2.33. The Bertz CT molecular complexity index is 284. The molecule has 0 radical (unpaired) electrons. The predicted molar refractivity (Wildman–Crippen MR) is 50.8 cm³/mol. The van der Waals surface area contributed by atoms with Crippen molar-refractivity contribution in [1.29, 1.82) is 0 Å². The summed E-state index contributed by atoms with van der Waals surface area (Å²) < 4.78 is 0. The van der Waals surface area contributed by atoms with E-state index in [2.05, 4.69) is 0 Å². The molecule has 0 saturated heterocycles. The lowest BCUT2D eigenvalue weighted by molar-refractivity contribution is -0.150. The number of carbonyl (C=O) groups excluding carboxylic acids is 1. The number of hydrogen-bond donors (Lipinski definition) is 1. The molecule has 2 rings (SSSR count). The Labute approximate surface area is 83.5 Å². The first kappa shape index (κ1) is 9.69. The molecule has 78 valence electrons. The Hall–Kier alpha value is -0.860. The van der Waals surface area contributed by atoms with E-state index in [-0.39, 0.29) is 17.6 Å². The topological polar surface area (TPSA) is 54.4 Å². The molecule has 14 heavy (non-hydrogen) atoms. The Kier molecular flexibility index (Phi) is 2.13. The third kappa shape index (κ3) is 1.11. The molecule has 0 aromatic heterocycles. The van der Waals surface area contributed by atoms with Gasteiger partial charge < -0.3 is 5.11 Å². The lowest BCUT2D eigenvalue weighted by atomic mass is 9.77. The standard InChI is InChI=1S/C11H16O3/c1-7(12)8-4-6-11(10(13)14)5-2-3-9(8)11/h8-9H,2-6H2,1H3,(H,13,14). The highest BCUT2D eigenvalue weighted by Gasteiger charge is 2.56. The van der Waals surface area contributed by atoms with Crippen LogP contribution in [0, 0.1) is 17.3 Å². The fourth-order valence-corrected chi connectivity index (χ4v) is 3.47.